The zero-order chi connectivity index (χ0) is 17.9. The Kier molecular flexibility index (Phi) is 5.33. The van der Waals surface area contributed by atoms with Crippen LogP contribution in [0.3, 0.4) is 0 Å². The number of aromatic nitrogens is 1. The molecule has 1 heterocycles. The minimum atomic E-state index is -4.76. The lowest BCUT2D eigenvalue weighted by Gasteiger charge is -2.14. The molecule has 2 rings (SSSR count). The predicted octanol–water partition coefficient (Wildman–Crippen LogP) is 4.24. The van der Waals surface area contributed by atoms with E-state index in [1.165, 1.54) is 23.2 Å². The molecule has 0 aliphatic carbocycles. The number of carbonyl (C=O) groups excluding carboxylic acids is 1. The molecule has 0 atom stereocenters. The van der Waals surface area contributed by atoms with Gasteiger partial charge in [-0.05, 0) is 46.3 Å². The van der Waals surface area contributed by atoms with Crippen LogP contribution in [0.4, 0.5) is 13.2 Å². The van der Waals surface area contributed by atoms with E-state index in [0.29, 0.717) is 4.47 Å². The Hall–Kier alpha value is -2.29. The summed E-state index contributed by atoms with van der Waals surface area (Å²) in [5, 5.41) is 0. The molecule has 0 fully saturated rings. The van der Waals surface area contributed by atoms with Crippen molar-refractivity contribution in [1.29, 1.82) is 0 Å². The number of hydrogen-bond donors (Lipinski definition) is 0. The first kappa shape index (κ1) is 18.1. The SMILES string of the molecule is CN(C)C(=O)c1cc(Br)cnc1Oc1ccc(OC(F)(F)F)cc1. The topological polar surface area (TPSA) is 51.7 Å². The Morgan fingerprint density at radius 1 is 1.17 bits per heavy atom. The van der Waals surface area contributed by atoms with Crippen molar-refractivity contribution in [3.63, 3.8) is 0 Å². The minimum absolute atomic E-state index is 0.0430. The summed E-state index contributed by atoms with van der Waals surface area (Å²) in [5.74, 6) is -0.437. The zero-order valence-corrected chi connectivity index (χ0v) is 14.2. The molecule has 128 valence electrons. The first-order chi connectivity index (χ1) is 11.2. The highest BCUT2D eigenvalue weighted by molar-refractivity contribution is 9.10. The molecule has 2 aromatic rings. The van der Waals surface area contributed by atoms with Gasteiger partial charge in [0.1, 0.15) is 17.1 Å². The first-order valence-electron chi connectivity index (χ1n) is 6.56. The Labute approximate surface area is 144 Å². The maximum Gasteiger partial charge on any atom is 0.573 e. The molecule has 1 aromatic heterocycles. The van der Waals surface area contributed by atoms with Crippen LogP contribution in [0.15, 0.2) is 41.0 Å². The minimum Gasteiger partial charge on any atom is -0.438 e. The van der Waals surface area contributed by atoms with Gasteiger partial charge >= 0.3 is 6.36 Å². The van der Waals surface area contributed by atoms with Gasteiger partial charge in [-0.25, -0.2) is 4.98 Å². The van der Waals surface area contributed by atoms with Gasteiger partial charge in [0, 0.05) is 24.8 Å². The maximum atomic E-state index is 12.2. The number of halogens is 4. The smallest absolute Gasteiger partial charge is 0.438 e. The van der Waals surface area contributed by atoms with E-state index in [9.17, 15) is 18.0 Å². The van der Waals surface area contributed by atoms with Crippen LogP contribution in [-0.4, -0.2) is 36.2 Å². The quantitative estimate of drug-likeness (QED) is 0.764. The summed E-state index contributed by atoms with van der Waals surface area (Å²) in [6, 6.07) is 6.33. The number of pyridine rings is 1. The number of rotatable bonds is 4. The molecule has 0 saturated carbocycles. The van der Waals surface area contributed by atoms with Crippen LogP contribution >= 0.6 is 15.9 Å². The van der Waals surface area contributed by atoms with E-state index in [1.807, 2.05) is 0 Å². The number of benzene rings is 1. The molecule has 0 aliphatic rings. The standard InChI is InChI=1S/C15H12BrF3N2O3/c1-21(2)14(22)12-7-9(16)8-20-13(12)23-10-3-5-11(6-4-10)24-15(17,18)19/h3-8H,1-2H3. The summed E-state index contributed by atoms with van der Waals surface area (Å²) in [4.78, 5) is 17.5. The van der Waals surface area contributed by atoms with Gasteiger partial charge in [0.25, 0.3) is 5.91 Å². The molecule has 0 unspecified atom stereocenters. The molecule has 0 saturated heterocycles. The van der Waals surface area contributed by atoms with Crippen molar-refractivity contribution in [3.05, 3.63) is 46.6 Å². The van der Waals surface area contributed by atoms with Crippen LogP contribution in [0.5, 0.6) is 17.4 Å². The first-order valence-corrected chi connectivity index (χ1v) is 7.36. The van der Waals surface area contributed by atoms with E-state index in [2.05, 4.69) is 25.7 Å². The number of amides is 1. The number of ether oxygens (including phenoxy) is 2. The van der Waals surface area contributed by atoms with Gasteiger partial charge in [0.2, 0.25) is 5.88 Å². The lowest BCUT2D eigenvalue weighted by atomic mass is 10.2. The van der Waals surface area contributed by atoms with Crippen molar-refractivity contribution in [3.8, 4) is 17.4 Å². The van der Waals surface area contributed by atoms with Crippen molar-refractivity contribution in [2.24, 2.45) is 0 Å². The number of alkyl halides is 3. The third kappa shape index (κ3) is 4.85. The van der Waals surface area contributed by atoms with Crippen LogP contribution in [0.25, 0.3) is 0 Å². The molecule has 1 amide bonds. The summed E-state index contributed by atoms with van der Waals surface area (Å²) in [6.07, 6.45) is -3.32. The van der Waals surface area contributed by atoms with Crippen molar-refractivity contribution in [1.82, 2.24) is 9.88 Å². The molecule has 0 aliphatic heterocycles. The summed E-state index contributed by atoms with van der Waals surface area (Å²) in [6.45, 7) is 0. The van der Waals surface area contributed by atoms with E-state index in [0.717, 1.165) is 12.1 Å². The fourth-order valence-corrected chi connectivity index (χ4v) is 2.05. The lowest BCUT2D eigenvalue weighted by Crippen LogP contribution is -2.22. The molecule has 0 spiro atoms. The van der Waals surface area contributed by atoms with Crippen LogP contribution in [0.2, 0.25) is 0 Å². The van der Waals surface area contributed by atoms with E-state index in [-0.39, 0.29) is 28.8 Å². The van der Waals surface area contributed by atoms with Crippen molar-refractivity contribution < 1.29 is 27.4 Å². The zero-order valence-electron chi connectivity index (χ0n) is 12.6. The molecular formula is C15H12BrF3N2O3. The van der Waals surface area contributed by atoms with Crippen molar-refractivity contribution in [2.75, 3.05) is 14.1 Å². The summed E-state index contributed by atoms with van der Waals surface area (Å²) in [5.41, 5.74) is 0.213. The molecule has 0 bridgehead atoms. The second kappa shape index (κ2) is 7.08. The van der Waals surface area contributed by atoms with Crippen LogP contribution < -0.4 is 9.47 Å². The third-order valence-corrected chi connectivity index (χ3v) is 3.16. The fourth-order valence-electron chi connectivity index (χ4n) is 1.72. The van der Waals surface area contributed by atoms with Crippen LogP contribution in [0, 0.1) is 0 Å². The summed E-state index contributed by atoms with van der Waals surface area (Å²) >= 11 is 3.22. The van der Waals surface area contributed by atoms with Gasteiger partial charge < -0.3 is 14.4 Å². The lowest BCUT2D eigenvalue weighted by molar-refractivity contribution is -0.274. The molecule has 0 N–H and O–H groups in total. The van der Waals surface area contributed by atoms with Crippen molar-refractivity contribution >= 4 is 21.8 Å². The second-order valence-electron chi connectivity index (χ2n) is 4.83. The highest BCUT2D eigenvalue weighted by Crippen LogP contribution is 2.29. The summed E-state index contributed by atoms with van der Waals surface area (Å²) in [7, 11) is 3.16. The maximum absolute atomic E-state index is 12.2. The van der Waals surface area contributed by atoms with Gasteiger partial charge in [-0.1, -0.05) is 0 Å². The van der Waals surface area contributed by atoms with Crippen LogP contribution in [-0.2, 0) is 0 Å². The molecule has 0 radical (unpaired) electrons. The normalized spacial score (nSPS) is 11.1. The monoisotopic (exact) mass is 404 g/mol. The number of hydrogen-bond acceptors (Lipinski definition) is 4. The van der Waals surface area contributed by atoms with E-state index < -0.39 is 6.36 Å². The average molecular weight is 405 g/mol. The van der Waals surface area contributed by atoms with Gasteiger partial charge in [-0.15, -0.1) is 13.2 Å². The van der Waals surface area contributed by atoms with E-state index >= 15 is 0 Å². The largest absolute Gasteiger partial charge is 0.573 e. The fraction of sp³-hybridized carbons (Fsp3) is 0.200. The summed E-state index contributed by atoms with van der Waals surface area (Å²) < 4.78 is 46.3. The number of carbonyl (C=O) groups is 1. The highest BCUT2D eigenvalue weighted by Gasteiger charge is 2.31. The Morgan fingerprint density at radius 2 is 1.75 bits per heavy atom. The molecular weight excluding hydrogens is 393 g/mol. The van der Waals surface area contributed by atoms with E-state index in [1.54, 1.807) is 20.2 Å². The molecule has 9 heteroatoms. The van der Waals surface area contributed by atoms with E-state index in [4.69, 9.17) is 4.74 Å². The third-order valence-electron chi connectivity index (χ3n) is 2.73. The Morgan fingerprint density at radius 3 is 2.29 bits per heavy atom. The van der Waals surface area contributed by atoms with Gasteiger partial charge in [0.15, 0.2) is 0 Å². The molecule has 1 aromatic carbocycles. The van der Waals surface area contributed by atoms with Gasteiger partial charge in [-0.2, -0.15) is 0 Å². The number of nitrogens with zero attached hydrogens (tertiary/aromatic N) is 2. The Bertz CT molecular complexity index is 734. The highest BCUT2D eigenvalue weighted by atomic mass is 79.9. The Balaban J connectivity index is 2.23. The van der Waals surface area contributed by atoms with Crippen LogP contribution in [0.1, 0.15) is 10.4 Å². The average Bonchev–Trinajstić information content (AvgIpc) is 2.48. The van der Waals surface area contributed by atoms with Gasteiger partial charge in [-0.3, -0.25) is 4.79 Å². The molecule has 24 heavy (non-hydrogen) atoms. The van der Waals surface area contributed by atoms with Gasteiger partial charge in [0.05, 0.1) is 0 Å². The predicted molar refractivity (Wildman–Crippen MR) is 83.2 cm³/mol. The van der Waals surface area contributed by atoms with Crippen molar-refractivity contribution in [2.45, 2.75) is 6.36 Å². The second-order valence-corrected chi connectivity index (χ2v) is 5.74. The molecule has 5 nitrogen and oxygen atoms in total.